The van der Waals surface area contributed by atoms with Gasteiger partial charge in [0, 0.05) is 11.8 Å². The van der Waals surface area contributed by atoms with E-state index in [1.165, 1.54) is 64.1 Å². The molecule has 2 N–H and O–H groups in total. The lowest BCUT2D eigenvalue weighted by atomic mass is 9.98. The van der Waals surface area contributed by atoms with Crippen LogP contribution in [0.5, 0.6) is 0 Å². The molecule has 0 unspecified atom stereocenters. The highest BCUT2D eigenvalue weighted by atomic mass is 16.3. The number of nitrogens with one attached hydrogen (secondary N) is 2. The summed E-state index contributed by atoms with van der Waals surface area (Å²) in [4.78, 5) is 24.4. The van der Waals surface area contributed by atoms with Gasteiger partial charge in [0.25, 0.3) is 5.91 Å². The first kappa shape index (κ1) is 22.2. The van der Waals surface area contributed by atoms with Gasteiger partial charge in [-0.25, -0.2) is 5.43 Å². The summed E-state index contributed by atoms with van der Waals surface area (Å²) in [5.41, 5.74) is 3.53. The van der Waals surface area contributed by atoms with Crippen LogP contribution in [0.2, 0.25) is 0 Å². The third-order valence-electron chi connectivity index (χ3n) is 5.34. The minimum Gasteiger partial charge on any atom is -0.469 e. The van der Waals surface area contributed by atoms with Crippen molar-refractivity contribution in [1.82, 2.24) is 10.7 Å². The van der Waals surface area contributed by atoms with Gasteiger partial charge in [-0.1, -0.05) is 57.8 Å². The van der Waals surface area contributed by atoms with Crippen LogP contribution in [0.4, 0.5) is 0 Å². The predicted molar refractivity (Wildman–Crippen MR) is 111 cm³/mol. The molecule has 0 aromatic carbocycles. The zero-order chi connectivity index (χ0) is 20.2. The summed E-state index contributed by atoms with van der Waals surface area (Å²) in [6.45, 7) is 3.48. The lowest BCUT2D eigenvalue weighted by molar-refractivity contribution is -0.120. The van der Waals surface area contributed by atoms with E-state index in [2.05, 4.69) is 15.8 Å². The number of nitrogens with zero attached hydrogens (tertiary/aromatic N) is 1. The number of aryl methyl sites for hydroxylation is 1. The highest BCUT2D eigenvalue weighted by molar-refractivity contribution is 6.01. The average Bonchev–Trinajstić information content (AvgIpc) is 3.08. The molecular weight excluding hydrogens is 354 g/mol. The van der Waals surface area contributed by atoms with Crippen LogP contribution in [0.15, 0.2) is 21.8 Å². The molecule has 0 radical (unpaired) electrons. The molecule has 6 heteroatoms. The standard InChI is InChI=1S/C22H35N3O3/c1-17(24-25-22(27)20-14-15-28-18(20)2)16-21(26)23-19-12-10-8-6-4-3-5-7-9-11-13-19/h14-15,19H,3-13,16H2,1-2H3,(H,23,26)(H,25,27)/b24-17-. The van der Waals surface area contributed by atoms with E-state index in [4.69, 9.17) is 4.42 Å². The molecule has 0 saturated heterocycles. The minimum atomic E-state index is -0.328. The Balaban J connectivity index is 1.77. The Morgan fingerprint density at radius 3 is 2.14 bits per heavy atom. The maximum absolute atomic E-state index is 12.4. The van der Waals surface area contributed by atoms with Crippen LogP contribution in [-0.4, -0.2) is 23.6 Å². The monoisotopic (exact) mass is 389 g/mol. The molecular formula is C22H35N3O3. The molecule has 1 aromatic rings. The molecule has 6 nitrogen and oxygen atoms in total. The molecule has 1 saturated carbocycles. The highest BCUT2D eigenvalue weighted by Crippen LogP contribution is 2.17. The maximum Gasteiger partial charge on any atom is 0.274 e. The van der Waals surface area contributed by atoms with Crippen molar-refractivity contribution in [1.29, 1.82) is 0 Å². The Morgan fingerprint density at radius 1 is 1.04 bits per heavy atom. The van der Waals surface area contributed by atoms with E-state index >= 15 is 0 Å². The van der Waals surface area contributed by atoms with Crippen molar-refractivity contribution in [2.75, 3.05) is 0 Å². The largest absolute Gasteiger partial charge is 0.469 e. The topological polar surface area (TPSA) is 83.7 Å². The first-order valence-electron chi connectivity index (χ1n) is 10.7. The number of furan rings is 1. The van der Waals surface area contributed by atoms with E-state index in [0.717, 1.165) is 12.8 Å². The van der Waals surface area contributed by atoms with Crippen LogP contribution in [0.25, 0.3) is 0 Å². The van der Waals surface area contributed by atoms with Gasteiger partial charge in [-0.15, -0.1) is 0 Å². The maximum atomic E-state index is 12.4. The van der Waals surface area contributed by atoms with E-state index in [9.17, 15) is 9.59 Å². The molecule has 0 atom stereocenters. The molecule has 0 aliphatic heterocycles. The van der Waals surface area contributed by atoms with Gasteiger partial charge in [-0.3, -0.25) is 9.59 Å². The minimum absolute atomic E-state index is 0.0212. The summed E-state index contributed by atoms with van der Waals surface area (Å²) in [7, 11) is 0. The zero-order valence-corrected chi connectivity index (χ0v) is 17.4. The van der Waals surface area contributed by atoms with Gasteiger partial charge in [0.2, 0.25) is 5.91 Å². The third-order valence-corrected chi connectivity index (χ3v) is 5.34. The summed E-state index contributed by atoms with van der Waals surface area (Å²) < 4.78 is 5.12. The van der Waals surface area contributed by atoms with Gasteiger partial charge in [0.15, 0.2) is 0 Å². The Kier molecular flexibility index (Phi) is 9.80. The summed E-state index contributed by atoms with van der Waals surface area (Å²) in [6, 6.07) is 1.86. The van der Waals surface area contributed by atoms with E-state index in [1.54, 1.807) is 19.9 Å². The first-order chi connectivity index (χ1) is 13.6. The SMILES string of the molecule is C/C(CC(=O)NC1CCCCCCCCCCC1)=N/NC(=O)c1ccoc1C. The fraction of sp³-hybridized carbons (Fsp3) is 0.682. The summed E-state index contributed by atoms with van der Waals surface area (Å²) in [6.07, 6.45) is 15.3. The molecule has 2 amide bonds. The Hall–Kier alpha value is -2.11. The molecule has 1 fully saturated rings. The predicted octanol–water partition coefficient (Wildman–Crippen LogP) is 4.87. The number of hydrogen-bond acceptors (Lipinski definition) is 4. The van der Waals surface area contributed by atoms with Crippen molar-refractivity contribution in [2.24, 2.45) is 5.10 Å². The fourth-order valence-corrected chi connectivity index (χ4v) is 3.69. The van der Waals surface area contributed by atoms with Crippen LogP contribution in [-0.2, 0) is 4.79 Å². The van der Waals surface area contributed by atoms with Gasteiger partial charge in [0.1, 0.15) is 5.76 Å². The molecule has 2 rings (SSSR count). The van der Waals surface area contributed by atoms with Crippen molar-refractivity contribution in [3.8, 4) is 0 Å². The lowest BCUT2D eigenvalue weighted by Crippen LogP contribution is -2.36. The second-order valence-corrected chi connectivity index (χ2v) is 7.88. The van der Waals surface area contributed by atoms with Crippen molar-refractivity contribution < 1.29 is 14.0 Å². The second kappa shape index (κ2) is 12.4. The van der Waals surface area contributed by atoms with Crippen LogP contribution in [0, 0.1) is 6.92 Å². The number of amides is 2. The summed E-state index contributed by atoms with van der Waals surface area (Å²) >= 11 is 0. The number of carbonyl (C=O) groups excluding carboxylic acids is 2. The Morgan fingerprint density at radius 2 is 1.61 bits per heavy atom. The molecule has 1 aliphatic rings. The van der Waals surface area contributed by atoms with E-state index in [1.807, 2.05) is 0 Å². The molecule has 28 heavy (non-hydrogen) atoms. The molecule has 156 valence electrons. The Bertz CT molecular complexity index is 639. The Labute approximate surface area is 168 Å². The van der Waals surface area contributed by atoms with Gasteiger partial charge >= 0.3 is 0 Å². The van der Waals surface area contributed by atoms with Crippen molar-refractivity contribution in [3.05, 3.63) is 23.7 Å². The first-order valence-corrected chi connectivity index (χ1v) is 10.7. The molecule has 0 bridgehead atoms. The summed E-state index contributed by atoms with van der Waals surface area (Å²) in [5, 5.41) is 7.23. The third kappa shape index (κ3) is 8.28. The number of carbonyl (C=O) groups is 2. The smallest absolute Gasteiger partial charge is 0.274 e. The lowest BCUT2D eigenvalue weighted by Gasteiger charge is -2.19. The summed E-state index contributed by atoms with van der Waals surface area (Å²) in [5.74, 6) is 0.197. The normalized spacial score (nSPS) is 18.0. The van der Waals surface area contributed by atoms with Crippen LogP contribution >= 0.6 is 0 Å². The number of hydrogen-bond donors (Lipinski definition) is 2. The number of hydrazone groups is 1. The van der Waals surface area contributed by atoms with Gasteiger partial charge in [-0.2, -0.15) is 5.10 Å². The van der Waals surface area contributed by atoms with Crippen LogP contribution < -0.4 is 10.7 Å². The zero-order valence-electron chi connectivity index (χ0n) is 17.4. The van der Waals surface area contributed by atoms with Crippen molar-refractivity contribution in [2.45, 2.75) is 96.9 Å². The van der Waals surface area contributed by atoms with Crippen molar-refractivity contribution >= 4 is 17.5 Å². The van der Waals surface area contributed by atoms with E-state index in [0.29, 0.717) is 17.0 Å². The van der Waals surface area contributed by atoms with Crippen LogP contribution in [0.3, 0.4) is 0 Å². The van der Waals surface area contributed by atoms with Crippen molar-refractivity contribution in [3.63, 3.8) is 0 Å². The number of rotatable bonds is 5. The van der Waals surface area contributed by atoms with Gasteiger partial charge in [-0.05, 0) is 32.8 Å². The van der Waals surface area contributed by atoms with Crippen LogP contribution in [0.1, 0.15) is 100 Å². The highest BCUT2D eigenvalue weighted by Gasteiger charge is 2.14. The molecule has 0 spiro atoms. The van der Waals surface area contributed by atoms with Gasteiger partial charge < -0.3 is 9.73 Å². The molecule has 1 aliphatic carbocycles. The molecule has 1 aromatic heterocycles. The average molecular weight is 390 g/mol. The molecule has 1 heterocycles. The van der Waals surface area contributed by atoms with E-state index in [-0.39, 0.29) is 24.3 Å². The van der Waals surface area contributed by atoms with Gasteiger partial charge in [0.05, 0.1) is 18.2 Å². The quantitative estimate of drug-likeness (QED) is 0.556. The fourth-order valence-electron chi connectivity index (χ4n) is 3.69. The van der Waals surface area contributed by atoms with E-state index < -0.39 is 0 Å². The second-order valence-electron chi connectivity index (χ2n) is 7.88.